The Kier molecular flexibility index (Phi) is 5.61. The minimum Gasteiger partial charge on any atom is -0.454 e. The maximum absolute atomic E-state index is 5.53. The molecule has 0 amide bonds. The molecule has 0 spiro atoms. The molecule has 2 aliphatic heterocycles. The lowest BCUT2D eigenvalue weighted by Gasteiger charge is -2.35. The predicted octanol–water partition coefficient (Wildman–Crippen LogP) is 4.20. The van der Waals surface area contributed by atoms with E-state index in [1.807, 2.05) is 42.7 Å². The van der Waals surface area contributed by atoms with E-state index >= 15 is 0 Å². The monoisotopic (exact) mass is 471 g/mol. The molecule has 2 aromatic carbocycles. The highest BCUT2D eigenvalue weighted by Gasteiger charge is 2.23. The molecule has 9 nitrogen and oxygen atoms in total. The number of fused-ring (bicyclic) bond motifs is 2. The smallest absolute Gasteiger partial charge is 0.231 e. The Morgan fingerprint density at radius 1 is 0.943 bits per heavy atom. The number of nitrogens with one attached hydrogen (secondary N) is 1. The van der Waals surface area contributed by atoms with Crippen molar-refractivity contribution >= 4 is 28.6 Å². The topological polar surface area (TPSA) is 80.6 Å². The zero-order chi connectivity index (χ0) is 23.8. The predicted molar refractivity (Wildman–Crippen MR) is 135 cm³/mol. The van der Waals surface area contributed by atoms with Crippen molar-refractivity contribution in [2.45, 2.75) is 26.4 Å². The second kappa shape index (κ2) is 9.07. The van der Waals surface area contributed by atoms with Crippen molar-refractivity contribution < 1.29 is 9.47 Å². The first-order chi connectivity index (χ1) is 17.1. The van der Waals surface area contributed by atoms with Gasteiger partial charge in [-0.25, -0.2) is 4.98 Å². The van der Waals surface area contributed by atoms with Crippen LogP contribution < -0.4 is 19.7 Å². The van der Waals surface area contributed by atoms with Crippen molar-refractivity contribution in [1.29, 1.82) is 0 Å². The van der Waals surface area contributed by atoms with Gasteiger partial charge in [0.15, 0.2) is 28.5 Å². The van der Waals surface area contributed by atoms with Gasteiger partial charge in [-0.3, -0.25) is 4.90 Å². The van der Waals surface area contributed by atoms with Crippen molar-refractivity contribution in [3.63, 3.8) is 0 Å². The zero-order valence-electron chi connectivity index (χ0n) is 20.0. The number of hydrogen-bond acceptors (Lipinski definition) is 8. The average Bonchev–Trinajstić information content (AvgIpc) is 3.52. The zero-order valence-corrected chi connectivity index (χ0v) is 20.0. The van der Waals surface area contributed by atoms with Crippen molar-refractivity contribution in [2.75, 3.05) is 43.2 Å². The summed E-state index contributed by atoms with van der Waals surface area (Å²) in [7, 11) is 0. The third-order valence-electron chi connectivity index (χ3n) is 6.50. The summed E-state index contributed by atoms with van der Waals surface area (Å²) in [4.78, 5) is 19.2. The van der Waals surface area contributed by atoms with Crippen LogP contribution in [0.25, 0.3) is 11.2 Å². The van der Waals surface area contributed by atoms with E-state index in [9.17, 15) is 0 Å². The van der Waals surface area contributed by atoms with Crippen molar-refractivity contribution in [3.8, 4) is 11.5 Å². The summed E-state index contributed by atoms with van der Waals surface area (Å²) in [6.45, 7) is 9.04. The summed E-state index contributed by atoms with van der Waals surface area (Å²) in [6.07, 6.45) is 1.85. The van der Waals surface area contributed by atoms with Crippen LogP contribution in [-0.2, 0) is 6.54 Å². The molecule has 2 aromatic heterocycles. The first-order valence-electron chi connectivity index (χ1n) is 12.1. The van der Waals surface area contributed by atoms with E-state index in [0.717, 1.165) is 72.8 Å². The van der Waals surface area contributed by atoms with Gasteiger partial charge in [-0.2, -0.15) is 9.97 Å². The Morgan fingerprint density at radius 2 is 1.74 bits per heavy atom. The molecular formula is C26H29N7O2. The Bertz CT molecular complexity index is 1330. The number of rotatable bonds is 6. The van der Waals surface area contributed by atoms with Crippen LogP contribution in [0.5, 0.6) is 11.5 Å². The van der Waals surface area contributed by atoms with Gasteiger partial charge < -0.3 is 24.3 Å². The molecule has 0 bridgehead atoms. The molecule has 0 unspecified atom stereocenters. The molecule has 6 rings (SSSR count). The van der Waals surface area contributed by atoms with Gasteiger partial charge >= 0.3 is 0 Å². The number of anilines is 3. The summed E-state index contributed by atoms with van der Waals surface area (Å²) in [5, 5.41) is 3.45. The van der Waals surface area contributed by atoms with E-state index in [0.29, 0.717) is 6.79 Å². The molecule has 1 saturated heterocycles. The number of benzene rings is 2. The molecule has 0 radical (unpaired) electrons. The fraction of sp³-hybridized carbons (Fsp3) is 0.346. The Hall–Kier alpha value is -3.85. The van der Waals surface area contributed by atoms with E-state index in [-0.39, 0.29) is 6.04 Å². The minimum absolute atomic E-state index is 0.255. The summed E-state index contributed by atoms with van der Waals surface area (Å²) < 4.78 is 13.1. The highest BCUT2D eigenvalue weighted by molar-refractivity contribution is 5.86. The molecule has 1 N–H and O–H groups in total. The van der Waals surface area contributed by atoms with Gasteiger partial charge in [-0.15, -0.1) is 0 Å². The lowest BCUT2D eigenvalue weighted by molar-refractivity contribution is 0.174. The van der Waals surface area contributed by atoms with E-state index in [2.05, 4.69) is 50.6 Å². The van der Waals surface area contributed by atoms with E-state index in [1.165, 1.54) is 5.56 Å². The van der Waals surface area contributed by atoms with Crippen LogP contribution in [0.15, 0.2) is 54.9 Å². The summed E-state index contributed by atoms with van der Waals surface area (Å²) >= 11 is 0. The molecular weight excluding hydrogens is 442 g/mol. The highest BCUT2D eigenvalue weighted by atomic mass is 16.7. The van der Waals surface area contributed by atoms with Gasteiger partial charge in [0.05, 0.1) is 6.33 Å². The normalized spacial score (nSPS) is 15.8. The van der Waals surface area contributed by atoms with Crippen molar-refractivity contribution in [3.05, 3.63) is 60.4 Å². The lowest BCUT2D eigenvalue weighted by atomic mass is 10.1. The molecule has 1 fully saturated rings. The Labute approximate surface area is 204 Å². The quantitative estimate of drug-likeness (QED) is 0.448. The van der Waals surface area contributed by atoms with Crippen molar-refractivity contribution in [2.24, 2.45) is 0 Å². The number of imidazole rings is 1. The van der Waals surface area contributed by atoms with Gasteiger partial charge in [-0.05, 0) is 43.7 Å². The first kappa shape index (κ1) is 21.7. The molecule has 180 valence electrons. The van der Waals surface area contributed by atoms with Gasteiger partial charge in [0, 0.05) is 44.5 Å². The number of piperazine rings is 1. The summed E-state index contributed by atoms with van der Waals surface area (Å²) in [5.74, 6) is 3.13. The molecule has 9 heteroatoms. The number of para-hydroxylation sites is 1. The lowest BCUT2D eigenvalue weighted by Crippen LogP contribution is -2.46. The second-order valence-corrected chi connectivity index (χ2v) is 9.23. The van der Waals surface area contributed by atoms with Crippen LogP contribution in [0.1, 0.15) is 25.5 Å². The molecule has 35 heavy (non-hydrogen) atoms. The van der Waals surface area contributed by atoms with Crippen LogP contribution in [0, 0.1) is 0 Å². The third kappa shape index (κ3) is 4.35. The average molecular weight is 472 g/mol. The number of hydrogen-bond donors (Lipinski definition) is 1. The molecule has 0 atom stereocenters. The fourth-order valence-corrected chi connectivity index (χ4v) is 4.57. The van der Waals surface area contributed by atoms with Crippen LogP contribution in [-0.4, -0.2) is 57.4 Å². The molecule has 4 aromatic rings. The van der Waals surface area contributed by atoms with Crippen molar-refractivity contribution in [1.82, 2.24) is 24.4 Å². The van der Waals surface area contributed by atoms with Gasteiger partial charge in [0.1, 0.15) is 0 Å². The second-order valence-electron chi connectivity index (χ2n) is 9.23. The van der Waals surface area contributed by atoms with E-state index in [4.69, 9.17) is 19.4 Å². The molecule has 0 saturated carbocycles. The van der Waals surface area contributed by atoms with Crippen LogP contribution >= 0.6 is 0 Å². The molecule has 0 aliphatic carbocycles. The SMILES string of the molecule is CC(C)n1cnc2c(Nc3ccccc3)nc(N3CCN(Cc4ccc5c(c4)OCO5)CC3)nc21. The van der Waals surface area contributed by atoms with Gasteiger partial charge in [0.25, 0.3) is 0 Å². The maximum Gasteiger partial charge on any atom is 0.231 e. The van der Waals surface area contributed by atoms with Crippen LogP contribution in [0.4, 0.5) is 17.5 Å². The Balaban J connectivity index is 1.22. The summed E-state index contributed by atoms with van der Waals surface area (Å²) in [5.41, 5.74) is 3.85. The standard InChI is InChI=1S/C26H29N7O2/c1-18(2)33-16-27-23-24(28-20-6-4-3-5-7-20)29-26(30-25(23)33)32-12-10-31(11-13-32)15-19-8-9-21-22(14-19)35-17-34-21/h3-9,14,16,18H,10-13,15,17H2,1-2H3,(H,28,29,30). The molecule has 4 heterocycles. The summed E-state index contributed by atoms with van der Waals surface area (Å²) in [6, 6.07) is 16.5. The number of ether oxygens (including phenoxy) is 2. The van der Waals surface area contributed by atoms with Crippen LogP contribution in [0.3, 0.4) is 0 Å². The third-order valence-corrected chi connectivity index (χ3v) is 6.50. The maximum atomic E-state index is 5.53. The number of nitrogens with zero attached hydrogens (tertiary/aromatic N) is 6. The van der Waals surface area contributed by atoms with Crippen LogP contribution in [0.2, 0.25) is 0 Å². The largest absolute Gasteiger partial charge is 0.454 e. The number of aromatic nitrogens is 4. The fourth-order valence-electron chi connectivity index (χ4n) is 4.57. The van der Waals surface area contributed by atoms with E-state index in [1.54, 1.807) is 0 Å². The molecule has 2 aliphatic rings. The highest BCUT2D eigenvalue weighted by Crippen LogP contribution is 2.33. The van der Waals surface area contributed by atoms with E-state index < -0.39 is 0 Å². The van der Waals surface area contributed by atoms with Gasteiger partial charge in [0.2, 0.25) is 12.7 Å². The Morgan fingerprint density at radius 3 is 2.54 bits per heavy atom. The minimum atomic E-state index is 0.255. The van der Waals surface area contributed by atoms with Gasteiger partial charge in [-0.1, -0.05) is 24.3 Å². The first-order valence-corrected chi connectivity index (χ1v) is 12.1.